The van der Waals surface area contributed by atoms with Gasteiger partial charge < -0.3 is 0 Å². The van der Waals surface area contributed by atoms with Gasteiger partial charge in [-0.15, -0.1) is 11.3 Å². The summed E-state index contributed by atoms with van der Waals surface area (Å²) in [5.41, 5.74) is 1.17. The Bertz CT molecular complexity index is 787. The second-order valence-electron chi connectivity index (χ2n) is 7.77. The first kappa shape index (κ1) is 18.6. The third-order valence-electron chi connectivity index (χ3n) is 4.90. The van der Waals surface area contributed by atoms with E-state index in [9.17, 15) is 8.42 Å². The van der Waals surface area contributed by atoms with Crippen LogP contribution in [0.3, 0.4) is 0 Å². The molecule has 0 N–H and O–H groups in total. The highest BCUT2D eigenvalue weighted by Crippen LogP contribution is 2.37. The fourth-order valence-electron chi connectivity index (χ4n) is 3.40. The summed E-state index contributed by atoms with van der Waals surface area (Å²) in [6.45, 7) is 7.01. The van der Waals surface area contributed by atoms with Gasteiger partial charge in [-0.3, -0.25) is 0 Å². The maximum Gasteiger partial charge on any atom is 0.243 e. The second-order valence-corrected chi connectivity index (χ2v) is 10.6. The molecule has 1 unspecified atom stereocenters. The van der Waals surface area contributed by atoms with Crippen LogP contribution in [0.5, 0.6) is 0 Å². The summed E-state index contributed by atoms with van der Waals surface area (Å²) in [5.74, 6) is 0. The lowest BCUT2D eigenvalue weighted by atomic mass is 9.87. The smallest absolute Gasteiger partial charge is 0.207 e. The highest BCUT2D eigenvalue weighted by atomic mass is 32.2. The van der Waals surface area contributed by atoms with Crippen molar-refractivity contribution in [3.8, 4) is 0 Å². The van der Waals surface area contributed by atoms with Gasteiger partial charge in [0.05, 0.1) is 10.9 Å². The zero-order chi connectivity index (χ0) is 18.1. The van der Waals surface area contributed by atoms with E-state index < -0.39 is 10.0 Å². The number of thiophene rings is 1. The van der Waals surface area contributed by atoms with Crippen LogP contribution in [0.15, 0.2) is 46.7 Å². The van der Waals surface area contributed by atoms with E-state index >= 15 is 0 Å². The lowest BCUT2D eigenvalue weighted by molar-refractivity contribution is 0.333. The molecular formula is C20H27NO2S2. The van der Waals surface area contributed by atoms with Crippen molar-refractivity contribution in [1.29, 1.82) is 0 Å². The van der Waals surface area contributed by atoms with Crippen molar-refractivity contribution >= 4 is 21.4 Å². The molecule has 1 saturated heterocycles. The van der Waals surface area contributed by atoms with Gasteiger partial charge >= 0.3 is 0 Å². The van der Waals surface area contributed by atoms with E-state index in [0.29, 0.717) is 11.4 Å². The third-order valence-corrected chi connectivity index (χ3v) is 7.80. The standard InChI is InChI=1S/C20H27NO2S2/c1-20(2,3)16-10-12-17(13-11-16)25(22,23)21-14-6-4-5-8-18(21)19-9-7-15-24-19/h7,9-13,15,18H,4-6,8,14H2,1-3H3. The summed E-state index contributed by atoms with van der Waals surface area (Å²) in [6, 6.07) is 11.5. The molecule has 25 heavy (non-hydrogen) atoms. The predicted octanol–water partition coefficient (Wildman–Crippen LogP) is 5.35. The van der Waals surface area contributed by atoms with Crippen molar-refractivity contribution < 1.29 is 8.42 Å². The zero-order valence-electron chi connectivity index (χ0n) is 15.2. The summed E-state index contributed by atoms with van der Waals surface area (Å²) in [7, 11) is -3.48. The highest BCUT2D eigenvalue weighted by Gasteiger charge is 2.34. The Kier molecular flexibility index (Phi) is 5.37. The number of benzene rings is 1. The Morgan fingerprint density at radius 2 is 1.76 bits per heavy atom. The number of rotatable bonds is 3. The summed E-state index contributed by atoms with van der Waals surface area (Å²) >= 11 is 1.65. The molecule has 0 aliphatic carbocycles. The van der Waals surface area contributed by atoms with E-state index in [1.807, 2.05) is 23.6 Å². The third kappa shape index (κ3) is 3.99. The Morgan fingerprint density at radius 3 is 2.36 bits per heavy atom. The summed E-state index contributed by atoms with van der Waals surface area (Å²) in [6.07, 6.45) is 4.01. The van der Waals surface area contributed by atoms with Gasteiger partial charge in [0.15, 0.2) is 0 Å². The number of nitrogens with zero attached hydrogens (tertiary/aromatic N) is 1. The van der Waals surface area contributed by atoms with E-state index in [1.54, 1.807) is 27.8 Å². The van der Waals surface area contributed by atoms with Crippen molar-refractivity contribution in [3.63, 3.8) is 0 Å². The second kappa shape index (κ2) is 7.22. The molecule has 1 fully saturated rings. The maximum absolute atomic E-state index is 13.3. The van der Waals surface area contributed by atoms with Crippen LogP contribution in [-0.2, 0) is 15.4 Å². The van der Waals surface area contributed by atoms with Gasteiger partial charge in [0.1, 0.15) is 0 Å². The number of hydrogen-bond donors (Lipinski definition) is 0. The normalized spacial score (nSPS) is 20.4. The van der Waals surface area contributed by atoms with E-state index in [1.165, 1.54) is 0 Å². The van der Waals surface area contributed by atoms with Gasteiger partial charge in [0.25, 0.3) is 0 Å². The minimum atomic E-state index is -3.48. The fourth-order valence-corrected chi connectivity index (χ4v) is 6.01. The van der Waals surface area contributed by atoms with Crippen LogP contribution in [0, 0.1) is 0 Å². The fraction of sp³-hybridized carbons (Fsp3) is 0.500. The average Bonchev–Trinajstić information content (AvgIpc) is 2.98. The molecule has 2 aromatic rings. The summed E-state index contributed by atoms with van der Waals surface area (Å²) < 4.78 is 28.4. The molecule has 0 bridgehead atoms. The first-order chi connectivity index (χ1) is 11.8. The lowest BCUT2D eigenvalue weighted by Crippen LogP contribution is -2.34. The Labute approximate surface area is 155 Å². The molecule has 136 valence electrons. The molecule has 1 atom stereocenters. The van der Waals surface area contributed by atoms with E-state index in [4.69, 9.17) is 0 Å². The van der Waals surface area contributed by atoms with Gasteiger partial charge in [-0.1, -0.05) is 51.8 Å². The Balaban J connectivity index is 1.96. The topological polar surface area (TPSA) is 37.4 Å². The van der Waals surface area contributed by atoms with Crippen LogP contribution in [0.1, 0.15) is 62.9 Å². The number of hydrogen-bond acceptors (Lipinski definition) is 3. The molecule has 1 aromatic heterocycles. The van der Waals surface area contributed by atoms with Crippen LogP contribution >= 0.6 is 11.3 Å². The van der Waals surface area contributed by atoms with Gasteiger partial charge in [-0.05, 0) is 47.4 Å². The molecule has 0 amide bonds. The van der Waals surface area contributed by atoms with Crippen LogP contribution in [0.25, 0.3) is 0 Å². The van der Waals surface area contributed by atoms with Gasteiger partial charge in [-0.25, -0.2) is 8.42 Å². The molecule has 0 spiro atoms. The molecule has 0 radical (unpaired) electrons. The van der Waals surface area contributed by atoms with Crippen molar-refractivity contribution in [2.45, 2.75) is 62.8 Å². The van der Waals surface area contributed by atoms with Crippen molar-refractivity contribution in [2.75, 3.05) is 6.54 Å². The molecule has 1 aliphatic heterocycles. The number of sulfonamides is 1. The molecule has 0 saturated carbocycles. The van der Waals surface area contributed by atoms with E-state index in [2.05, 4.69) is 26.8 Å². The van der Waals surface area contributed by atoms with Crippen LogP contribution in [0.4, 0.5) is 0 Å². The van der Waals surface area contributed by atoms with Crippen LogP contribution in [0.2, 0.25) is 0 Å². The van der Waals surface area contributed by atoms with E-state index in [-0.39, 0.29) is 11.5 Å². The van der Waals surface area contributed by atoms with Gasteiger partial charge in [0.2, 0.25) is 10.0 Å². The minimum absolute atomic E-state index is 0.0183. The molecule has 1 aromatic carbocycles. The van der Waals surface area contributed by atoms with Crippen LogP contribution < -0.4 is 0 Å². The quantitative estimate of drug-likeness (QED) is 0.723. The summed E-state index contributed by atoms with van der Waals surface area (Å²) in [5, 5.41) is 2.03. The lowest BCUT2D eigenvalue weighted by Gasteiger charge is -2.29. The van der Waals surface area contributed by atoms with E-state index in [0.717, 1.165) is 36.1 Å². The van der Waals surface area contributed by atoms with Gasteiger partial charge in [0, 0.05) is 11.4 Å². The van der Waals surface area contributed by atoms with Crippen molar-refractivity contribution in [2.24, 2.45) is 0 Å². The Morgan fingerprint density at radius 1 is 1.04 bits per heavy atom. The molecule has 3 rings (SSSR count). The molecule has 2 heterocycles. The minimum Gasteiger partial charge on any atom is -0.207 e. The predicted molar refractivity (Wildman–Crippen MR) is 105 cm³/mol. The average molecular weight is 378 g/mol. The van der Waals surface area contributed by atoms with Crippen molar-refractivity contribution in [1.82, 2.24) is 4.31 Å². The molecule has 3 nitrogen and oxygen atoms in total. The first-order valence-electron chi connectivity index (χ1n) is 8.96. The largest absolute Gasteiger partial charge is 0.243 e. The molecule has 5 heteroatoms. The SMILES string of the molecule is CC(C)(C)c1ccc(S(=O)(=O)N2CCCCCC2c2cccs2)cc1. The molecule has 1 aliphatic rings. The van der Waals surface area contributed by atoms with Gasteiger partial charge in [-0.2, -0.15) is 4.31 Å². The summed E-state index contributed by atoms with van der Waals surface area (Å²) in [4.78, 5) is 1.56. The molecular weight excluding hydrogens is 350 g/mol. The Hall–Kier alpha value is -1.17. The monoisotopic (exact) mass is 377 g/mol. The highest BCUT2D eigenvalue weighted by molar-refractivity contribution is 7.89. The maximum atomic E-state index is 13.3. The first-order valence-corrected chi connectivity index (χ1v) is 11.3. The van der Waals surface area contributed by atoms with Crippen LogP contribution in [-0.4, -0.2) is 19.3 Å². The zero-order valence-corrected chi connectivity index (χ0v) is 16.9. The van der Waals surface area contributed by atoms with Crippen molar-refractivity contribution in [3.05, 3.63) is 52.2 Å².